The summed E-state index contributed by atoms with van der Waals surface area (Å²) in [5.41, 5.74) is 0.592. The lowest BCUT2D eigenvalue weighted by Crippen LogP contribution is -2.10. The minimum Gasteiger partial charge on any atom is -0.492 e. The van der Waals surface area contributed by atoms with Crippen LogP contribution in [-0.2, 0) is 9.53 Å². The Balaban J connectivity index is 1.76. The first kappa shape index (κ1) is 13.5. The largest absolute Gasteiger partial charge is 0.492 e. The third-order valence-corrected chi connectivity index (χ3v) is 2.89. The summed E-state index contributed by atoms with van der Waals surface area (Å²) < 4.78 is 11.1. The normalized spacial score (nSPS) is 18.8. The monoisotopic (exact) mass is 263 g/mol. The van der Waals surface area contributed by atoms with Crippen molar-refractivity contribution < 1.29 is 19.4 Å². The molecule has 0 aromatic carbocycles. The van der Waals surface area contributed by atoms with Crippen LogP contribution in [0.25, 0.3) is 6.08 Å². The molecule has 2 rings (SSSR count). The van der Waals surface area contributed by atoms with Crippen molar-refractivity contribution >= 4 is 12.0 Å². The summed E-state index contributed by atoms with van der Waals surface area (Å²) in [4.78, 5) is 14.5. The van der Waals surface area contributed by atoms with Crippen molar-refractivity contribution in [3.05, 3.63) is 30.1 Å². The number of pyridine rings is 1. The molecule has 19 heavy (non-hydrogen) atoms. The molecule has 0 aliphatic carbocycles. The van der Waals surface area contributed by atoms with Crippen molar-refractivity contribution in [3.8, 4) is 5.75 Å². The van der Waals surface area contributed by atoms with Crippen molar-refractivity contribution in [1.82, 2.24) is 4.98 Å². The first-order chi connectivity index (χ1) is 9.24. The zero-order chi connectivity index (χ0) is 13.5. The van der Waals surface area contributed by atoms with Gasteiger partial charge >= 0.3 is 5.97 Å². The number of hydrogen-bond acceptors (Lipinski definition) is 4. The average Bonchev–Trinajstić information content (AvgIpc) is 2.91. The number of carboxylic acid groups (broad SMARTS) is 1. The summed E-state index contributed by atoms with van der Waals surface area (Å²) >= 11 is 0. The lowest BCUT2D eigenvalue weighted by Gasteiger charge is -2.10. The van der Waals surface area contributed by atoms with E-state index in [0.717, 1.165) is 31.9 Å². The second kappa shape index (κ2) is 6.89. The molecule has 5 nitrogen and oxygen atoms in total. The summed E-state index contributed by atoms with van der Waals surface area (Å²) in [5.74, 6) is -0.302. The van der Waals surface area contributed by atoms with Gasteiger partial charge in [0.05, 0.1) is 24.6 Å². The molecule has 1 fully saturated rings. The number of nitrogens with zero attached hydrogens (tertiary/aromatic N) is 1. The van der Waals surface area contributed by atoms with Crippen molar-refractivity contribution in [2.75, 3.05) is 13.2 Å². The second-order valence-corrected chi connectivity index (χ2v) is 4.36. The van der Waals surface area contributed by atoms with E-state index in [1.807, 2.05) is 0 Å². The number of hydrogen-bond donors (Lipinski definition) is 1. The van der Waals surface area contributed by atoms with E-state index in [2.05, 4.69) is 4.98 Å². The van der Waals surface area contributed by atoms with E-state index in [1.165, 1.54) is 6.08 Å². The van der Waals surface area contributed by atoms with Gasteiger partial charge in [-0.25, -0.2) is 4.79 Å². The van der Waals surface area contributed by atoms with Crippen LogP contribution in [0.2, 0.25) is 0 Å². The Morgan fingerprint density at radius 3 is 3.11 bits per heavy atom. The topological polar surface area (TPSA) is 68.7 Å². The maximum absolute atomic E-state index is 10.4. The number of ether oxygens (including phenoxy) is 2. The summed E-state index contributed by atoms with van der Waals surface area (Å²) in [7, 11) is 0. The molecule has 0 amide bonds. The maximum atomic E-state index is 10.4. The van der Waals surface area contributed by atoms with Gasteiger partial charge in [-0.15, -0.1) is 0 Å². The summed E-state index contributed by atoms with van der Waals surface area (Å²) in [6.45, 7) is 1.47. The van der Waals surface area contributed by atoms with Crippen LogP contribution in [0.3, 0.4) is 0 Å². The fourth-order valence-electron chi connectivity index (χ4n) is 1.91. The molecule has 0 saturated carbocycles. The van der Waals surface area contributed by atoms with Crippen LogP contribution in [0, 0.1) is 0 Å². The van der Waals surface area contributed by atoms with Crippen LogP contribution >= 0.6 is 0 Å². The average molecular weight is 263 g/mol. The first-order valence-electron chi connectivity index (χ1n) is 6.35. The van der Waals surface area contributed by atoms with Gasteiger partial charge in [-0.3, -0.25) is 4.98 Å². The fourth-order valence-corrected chi connectivity index (χ4v) is 1.91. The number of carboxylic acids is 1. The highest BCUT2D eigenvalue weighted by atomic mass is 16.5. The van der Waals surface area contributed by atoms with Crippen molar-refractivity contribution in [1.29, 1.82) is 0 Å². The number of aliphatic carboxylic acids is 1. The van der Waals surface area contributed by atoms with Gasteiger partial charge in [0, 0.05) is 19.1 Å². The van der Waals surface area contributed by atoms with E-state index >= 15 is 0 Å². The van der Waals surface area contributed by atoms with Gasteiger partial charge in [0.2, 0.25) is 0 Å². The van der Waals surface area contributed by atoms with Crippen LogP contribution in [0.4, 0.5) is 0 Å². The molecular formula is C14H17NO4. The van der Waals surface area contributed by atoms with E-state index in [-0.39, 0.29) is 0 Å². The zero-order valence-electron chi connectivity index (χ0n) is 10.6. The Bertz CT molecular complexity index is 435. The molecule has 1 aromatic heterocycles. The van der Waals surface area contributed by atoms with E-state index in [4.69, 9.17) is 14.6 Å². The Kier molecular flexibility index (Phi) is 4.92. The van der Waals surface area contributed by atoms with Crippen LogP contribution in [0.5, 0.6) is 5.75 Å². The molecule has 0 spiro atoms. The first-order valence-corrected chi connectivity index (χ1v) is 6.35. The van der Waals surface area contributed by atoms with Crippen LogP contribution in [0.15, 0.2) is 24.4 Å². The minimum absolute atomic E-state index is 0.325. The molecular weight excluding hydrogens is 246 g/mol. The van der Waals surface area contributed by atoms with Crippen molar-refractivity contribution in [2.45, 2.75) is 25.4 Å². The Hall–Kier alpha value is -1.88. The third kappa shape index (κ3) is 4.71. The van der Waals surface area contributed by atoms with E-state index in [0.29, 0.717) is 24.2 Å². The van der Waals surface area contributed by atoms with Gasteiger partial charge in [-0.1, -0.05) is 0 Å². The standard InChI is InChI=1S/C14H17NO4/c16-14(17)6-4-11-3-5-13(10-15-11)19-9-7-12-2-1-8-18-12/h3-6,10,12H,1-2,7-9H2,(H,16,17). The Morgan fingerprint density at radius 2 is 2.47 bits per heavy atom. The highest BCUT2D eigenvalue weighted by molar-refractivity contribution is 5.84. The highest BCUT2D eigenvalue weighted by Gasteiger charge is 2.14. The summed E-state index contributed by atoms with van der Waals surface area (Å²) in [6, 6.07) is 3.50. The molecule has 5 heteroatoms. The number of aromatic nitrogens is 1. The SMILES string of the molecule is O=C(O)C=Cc1ccc(OCCC2CCCO2)cn1. The van der Waals surface area contributed by atoms with Crippen molar-refractivity contribution in [2.24, 2.45) is 0 Å². The molecule has 0 bridgehead atoms. The lowest BCUT2D eigenvalue weighted by atomic mass is 10.2. The predicted octanol–water partition coefficient (Wildman–Crippen LogP) is 2.13. The zero-order valence-corrected chi connectivity index (χ0v) is 10.6. The van der Waals surface area contributed by atoms with Gasteiger partial charge in [0.15, 0.2) is 0 Å². The van der Waals surface area contributed by atoms with Crippen LogP contribution in [0.1, 0.15) is 25.0 Å². The minimum atomic E-state index is -0.987. The third-order valence-electron chi connectivity index (χ3n) is 2.89. The molecule has 1 aromatic rings. The quantitative estimate of drug-likeness (QED) is 0.796. The molecule has 0 radical (unpaired) electrons. The smallest absolute Gasteiger partial charge is 0.328 e. The number of carbonyl (C=O) groups is 1. The van der Waals surface area contributed by atoms with Crippen LogP contribution in [-0.4, -0.2) is 35.4 Å². The lowest BCUT2D eigenvalue weighted by molar-refractivity contribution is -0.131. The van der Waals surface area contributed by atoms with Gasteiger partial charge in [0.1, 0.15) is 5.75 Å². The summed E-state index contributed by atoms with van der Waals surface area (Å²) in [6.07, 6.45) is 7.55. The Morgan fingerprint density at radius 1 is 1.58 bits per heavy atom. The van der Waals surface area contributed by atoms with Gasteiger partial charge < -0.3 is 14.6 Å². The van der Waals surface area contributed by atoms with Crippen molar-refractivity contribution in [3.63, 3.8) is 0 Å². The molecule has 1 saturated heterocycles. The van der Waals surface area contributed by atoms with Gasteiger partial charge in [-0.2, -0.15) is 0 Å². The molecule has 102 valence electrons. The maximum Gasteiger partial charge on any atom is 0.328 e. The molecule has 1 N–H and O–H groups in total. The molecule has 2 heterocycles. The van der Waals surface area contributed by atoms with Gasteiger partial charge in [0.25, 0.3) is 0 Å². The van der Waals surface area contributed by atoms with Crippen LogP contribution < -0.4 is 4.74 Å². The summed E-state index contributed by atoms with van der Waals surface area (Å²) in [5, 5.41) is 8.50. The van der Waals surface area contributed by atoms with E-state index < -0.39 is 5.97 Å². The van der Waals surface area contributed by atoms with E-state index in [1.54, 1.807) is 18.3 Å². The predicted molar refractivity (Wildman–Crippen MR) is 70.0 cm³/mol. The molecule has 1 unspecified atom stereocenters. The molecule has 1 atom stereocenters. The van der Waals surface area contributed by atoms with Gasteiger partial charge in [-0.05, 0) is 31.1 Å². The number of rotatable bonds is 6. The molecule has 1 aliphatic rings. The fraction of sp³-hybridized carbons (Fsp3) is 0.429. The van der Waals surface area contributed by atoms with E-state index in [9.17, 15) is 4.79 Å². The highest BCUT2D eigenvalue weighted by Crippen LogP contribution is 2.16. The second-order valence-electron chi connectivity index (χ2n) is 4.36. The Labute approximate surface area is 111 Å². The molecule has 1 aliphatic heterocycles.